The number of primary amides is 1. The van der Waals surface area contributed by atoms with E-state index in [9.17, 15) is 14.7 Å². The second-order valence-corrected chi connectivity index (χ2v) is 5.32. The summed E-state index contributed by atoms with van der Waals surface area (Å²) in [5.74, 6) is -1.71. The molecule has 0 radical (unpaired) electrons. The topological polar surface area (TPSA) is 107 Å². The molecule has 0 saturated heterocycles. The van der Waals surface area contributed by atoms with Gasteiger partial charge in [-0.3, -0.25) is 9.36 Å². The van der Waals surface area contributed by atoms with E-state index in [0.29, 0.717) is 16.8 Å². The molecule has 0 saturated carbocycles. The lowest BCUT2D eigenvalue weighted by molar-refractivity contribution is -0.128. The lowest BCUT2D eigenvalue weighted by atomic mass is 10.3. The largest absolute Gasteiger partial charge is 0.477 e. The highest BCUT2D eigenvalue weighted by molar-refractivity contribution is 6.29. The van der Waals surface area contributed by atoms with Gasteiger partial charge >= 0.3 is 5.97 Å². The number of rotatable bonds is 5. The predicted molar refractivity (Wildman–Crippen MR) is 87.0 cm³/mol. The molecule has 122 valence electrons. The SMILES string of the molecule is NC(=O)C(Oc1ccccc1)n1c(C(=O)O)cc2nc(Cl)ccc21. The van der Waals surface area contributed by atoms with E-state index in [1.165, 1.54) is 16.7 Å². The van der Waals surface area contributed by atoms with Crippen molar-refractivity contribution in [2.75, 3.05) is 0 Å². The molecule has 7 nitrogen and oxygen atoms in total. The van der Waals surface area contributed by atoms with E-state index >= 15 is 0 Å². The molecule has 0 bridgehead atoms. The third-order valence-electron chi connectivity index (χ3n) is 3.35. The van der Waals surface area contributed by atoms with Crippen LogP contribution in [0.4, 0.5) is 0 Å². The van der Waals surface area contributed by atoms with Gasteiger partial charge in [0.15, 0.2) is 0 Å². The average Bonchev–Trinajstić information content (AvgIpc) is 2.91. The van der Waals surface area contributed by atoms with Crippen LogP contribution in [-0.4, -0.2) is 26.5 Å². The number of nitrogens with zero attached hydrogens (tertiary/aromatic N) is 2. The normalized spacial score (nSPS) is 12.0. The van der Waals surface area contributed by atoms with E-state index in [-0.39, 0.29) is 10.8 Å². The lowest BCUT2D eigenvalue weighted by Crippen LogP contribution is -2.32. The first-order valence-electron chi connectivity index (χ1n) is 6.89. The van der Waals surface area contributed by atoms with E-state index in [2.05, 4.69) is 4.98 Å². The summed E-state index contributed by atoms with van der Waals surface area (Å²) in [5, 5.41) is 9.65. The summed E-state index contributed by atoms with van der Waals surface area (Å²) in [7, 11) is 0. The molecule has 2 heterocycles. The van der Waals surface area contributed by atoms with Crippen LogP contribution in [0.3, 0.4) is 0 Å². The first-order valence-corrected chi connectivity index (χ1v) is 7.27. The number of aromatic carboxylic acids is 1. The second-order valence-electron chi connectivity index (χ2n) is 4.93. The Kier molecular flexibility index (Phi) is 4.09. The molecule has 3 N–H and O–H groups in total. The molecule has 0 aliphatic carbocycles. The molecule has 0 aliphatic rings. The van der Waals surface area contributed by atoms with Crippen molar-refractivity contribution in [1.29, 1.82) is 0 Å². The molecule has 1 unspecified atom stereocenters. The van der Waals surface area contributed by atoms with Gasteiger partial charge in [0, 0.05) is 0 Å². The monoisotopic (exact) mass is 345 g/mol. The predicted octanol–water partition coefficient (Wildman–Crippen LogP) is 2.45. The number of ether oxygens (including phenoxy) is 1. The highest BCUT2D eigenvalue weighted by Crippen LogP contribution is 2.27. The van der Waals surface area contributed by atoms with Crippen molar-refractivity contribution in [2.24, 2.45) is 5.73 Å². The number of hydrogen-bond donors (Lipinski definition) is 2. The van der Waals surface area contributed by atoms with Gasteiger partial charge in [-0.05, 0) is 30.3 Å². The molecule has 0 aliphatic heterocycles. The Hall–Kier alpha value is -3.06. The number of carboxylic acid groups (broad SMARTS) is 1. The van der Waals surface area contributed by atoms with Gasteiger partial charge < -0.3 is 15.6 Å². The van der Waals surface area contributed by atoms with Gasteiger partial charge in [-0.25, -0.2) is 9.78 Å². The molecular formula is C16H12ClN3O4. The second kappa shape index (κ2) is 6.21. The van der Waals surface area contributed by atoms with Gasteiger partial charge in [-0.15, -0.1) is 0 Å². The van der Waals surface area contributed by atoms with Gasteiger partial charge in [0.1, 0.15) is 16.6 Å². The zero-order valence-corrected chi connectivity index (χ0v) is 13.0. The van der Waals surface area contributed by atoms with Crippen molar-refractivity contribution in [1.82, 2.24) is 9.55 Å². The summed E-state index contributed by atoms with van der Waals surface area (Å²) in [6, 6.07) is 12.9. The van der Waals surface area contributed by atoms with E-state index < -0.39 is 18.1 Å². The fourth-order valence-electron chi connectivity index (χ4n) is 2.36. The van der Waals surface area contributed by atoms with Crippen LogP contribution >= 0.6 is 11.6 Å². The summed E-state index contributed by atoms with van der Waals surface area (Å²) in [5.41, 5.74) is 5.95. The number of para-hydroxylation sites is 1. The zero-order valence-electron chi connectivity index (χ0n) is 12.2. The smallest absolute Gasteiger partial charge is 0.352 e. The molecule has 1 atom stereocenters. The highest BCUT2D eigenvalue weighted by Gasteiger charge is 2.27. The number of carbonyl (C=O) groups is 2. The summed E-state index contributed by atoms with van der Waals surface area (Å²) in [6.07, 6.45) is -1.35. The summed E-state index contributed by atoms with van der Waals surface area (Å²) >= 11 is 5.84. The third-order valence-corrected chi connectivity index (χ3v) is 3.56. The van der Waals surface area contributed by atoms with Crippen molar-refractivity contribution >= 4 is 34.5 Å². The van der Waals surface area contributed by atoms with Crippen LogP contribution in [0, 0.1) is 0 Å². The average molecular weight is 346 g/mol. The minimum Gasteiger partial charge on any atom is -0.477 e. The van der Waals surface area contributed by atoms with Gasteiger partial charge in [0.05, 0.1) is 11.0 Å². The number of amides is 1. The summed E-state index contributed by atoms with van der Waals surface area (Å²) < 4.78 is 6.80. The molecule has 24 heavy (non-hydrogen) atoms. The van der Waals surface area contributed by atoms with E-state index in [1.54, 1.807) is 36.4 Å². The van der Waals surface area contributed by atoms with Crippen molar-refractivity contribution < 1.29 is 19.4 Å². The van der Waals surface area contributed by atoms with Crippen molar-refractivity contribution in [3.05, 3.63) is 59.4 Å². The number of pyridine rings is 1. The summed E-state index contributed by atoms with van der Waals surface area (Å²) in [6.45, 7) is 0. The van der Waals surface area contributed by atoms with E-state index in [0.717, 1.165) is 0 Å². The number of nitrogens with two attached hydrogens (primary N) is 1. The van der Waals surface area contributed by atoms with Gasteiger partial charge in [-0.2, -0.15) is 0 Å². The van der Waals surface area contributed by atoms with Crippen molar-refractivity contribution in [2.45, 2.75) is 6.23 Å². The van der Waals surface area contributed by atoms with Gasteiger partial charge in [0.25, 0.3) is 12.1 Å². The fourth-order valence-corrected chi connectivity index (χ4v) is 2.52. The maximum Gasteiger partial charge on any atom is 0.352 e. The van der Waals surface area contributed by atoms with Crippen LogP contribution < -0.4 is 10.5 Å². The van der Waals surface area contributed by atoms with Crippen molar-refractivity contribution in [3.63, 3.8) is 0 Å². The number of halogens is 1. The Balaban J connectivity index is 2.18. The van der Waals surface area contributed by atoms with Crippen LogP contribution in [0.15, 0.2) is 48.5 Å². The van der Waals surface area contributed by atoms with Gasteiger partial charge in [-0.1, -0.05) is 29.8 Å². The molecule has 0 fully saturated rings. The minimum atomic E-state index is -1.35. The van der Waals surface area contributed by atoms with Crippen LogP contribution in [0.2, 0.25) is 5.15 Å². The first kappa shape index (κ1) is 15.8. The fraction of sp³-hybridized carbons (Fsp3) is 0.0625. The number of fused-ring (bicyclic) bond motifs is 1. The van der Waals surface area contributed by atoms with E-state index in [1.807, 2.05) is 0 Å². The Labute approximate surface area is 141 Å². The van der Waals surface area contributed by atoms with E-state index in [4.69, 9.17) is 22.1 Å². The first-order chi connectivity index (χ1) is 11.5. The molecule has 3 aromatic rings. The maximum absolute atomic E-state index is 11.9. The minimum absolute atomic E-state index is 0.181. The molecule has 2 aromatic heterocycles. The van der Waals surface area contributed by atoms with Crippen LogP contribution in [0.1, 0.15) is 16.7 Å². The molecule has 0 spiro atoms. The molecule has 8 heteroatoms. The van der Waals surface area contributed by atoms with Crippen LogP contribution in [0.5, 0.6) is 5.75 Å². The zero-order chi connectivity index (χ0) is 17.3. The number of hydrogen-bond acceptors (Lipinski definition) is 4. The summed E-state index contributed by atoms with van der Waals surface area (Å²) in [4.78, 5) is 27.6. The standard InChI is InChI=1S/C16H12ClN3O4/c17-13-7-6-11-10(19-13)8-12(16(22)23)20(11)15(14(18)21)24-9-4-2-1-3-5-9/h1-8,15H,(H2,18,21)(H,22,23). The lowest BCUT2D eigenvalue weighted by Gasteiger charge is -2.20. The molecule has 3 rings (SSSR count). The van der Waals surface area contributed by atoms with Crippen LogP contribution in [0.25, 0.3) is 11.0 Å². The van der Waals surface area contributed by atoms with Crippen molar-refractivity contribution in [3.8, 4) is 5.75 Å². The number of aromatic nitrogens is 2. The quantitative estimate of drug-likeness (QED) is 0.690. The highest BCUT2D eigenvalue weighted by atomic mass is 35.5. The Morgan fingerprint density at radius 1 is 1.21 bits per heavy atom. The molecular weight excluding hydrogens is 334 g/mol. The number of carboxylic acids is 1. The molecule has 1 aromatic carbocycles. The Morgan fingerprint density at radius 3 is 2.54 bits per heavy atom. The third kappa shape index (κ3) is 2.89. The molecule has 1 amide bonds. The van der Waals surface area contributed by atoms with Gasteiger partial charge in [0.2, 0.25) is 0 Å². The Bertz CT molecular complexity index is 924. The number of carbonyl (C=O) groups excluding carboxylic acids is 1. The van der Waals surface area contributed by atoms with Crippen LogP contribution in [-0.2, 0) is 4.79 Å². The maximum atomic E-state index is 11.9. The number of benzene rings is 1. The Morgan fingerprint density at radius 2 is 1.92 bits per heavy atom.